The van der Waals surface area contributed by atoms with Gasteiger partial charge < -0.3 is 10.2 Å². The number of aryl methyl sites for hydroxylation is 1. The maximum absolute atomic E-state index is 14.1. The number of imidazole rings is 1. The molecule has 0 unspecified atom stereocenters. The van der Waals surface area contributed by atoms with E-state index in [0.717, 1.165) is 46.7 Å². The third-order valence-corrected chi connectivity index (χ3v) is 9.50. The van der Waals surface area contributed by atoms with Crippen LogP contribution in [-0.2, 0) is 4.79 Å². The van der Waals surface area contributed by atoms with Gasteiger partial charge in [0.15, 0.2) is 5.78 Å². The minimum absolute atomic E-state index is 0.107. The van der Waals surface area contributed by atoms with Crippen LogP contribution in [0.2, 0.25) is 0 Å². The van der Waals surface area contributed by atoms with Crippen LogP contribution in [0.5, 0.6) is 0 Å². The van der Waals surface area contributed by atoms with Crippen molar-refractivity contribution in [3.63, 3.8) is 0 Å². The maximum Gasteiger partial charge on any atom is 0.209 e. The minimum atomic E-state index is -0.202. The molecular formula is C34H36N4O. The molecule has 0 fully saturated rings. The van der Waals surface area contributed by atoms with E-state index in [2.05, 4.69) is 110 Å². The Morgan fingerprint density at radius 3 is 2.56 bits per heavy atom. The monoisotopic (exact) mass is 516 g/mol. The van der Waals surface area contributed by atoms with Gasteiger partial charge in [-0.05, 0) is 85.9 Å². The number of carbonyl (C=O) groups excluding carboxylic acids is 1. The van der Waals surface area contributed by atoms with E-state index >= 15 is 0 Å². The molecule has 3 aromatic carbocycles. The Bertz CT molecular complexity index is 1680. The molecule has 2 aliphatic heterocycles. The van der Waals surface area contributed by atoms with Gasteiger partial charge in [0.1, 0.15) is 0 Å². The Balaban J connectivity index is 1.41. The Morgan fingerprint density at radius 1 is 0.974 bits per heavy atom. The van der Waals surface area contributed by atoms with Crippen molar-refractivity contribution in [3.8, 4) is 0 Å². The van der Waals surface area contributed by atoms with Crippen LogP contribution in [0.15, 0.2) is 78.0 Å². The van der Waals surface area contributed by atoms with E-state index in [1.807, 2.05) is 6.07 Å². The number of allylic oxidation sites excluding steroid dienone is 2. The van der Waals surface area contributed by atoms with Gasteiger partial charge in [-0.3, -0.25) is 9.36 Å². The number of carbonyl (C=O) groups is 1. The molecule has 1 aliphatic carbocycles. The third kappa shape index (κ3) is 3.66. The van der Waals surface area contributed by atoms with Crippen LogP contribution in [0, 0.1) is 6.92 Å². The number of nitrogens with one attached hydrogen (secondary N) is 1. The van der Waals surface area contributed by atoms with Gasteiger partial charge in [0.05, 0.1) is 17.1 Å². The first-order chi connectivity index (χ1) is 18.7. The number of para-hydroxylation sites is 2. The van der Waals surface area contributed by atoms with Crippen molar-refractivity contribution in [2.24, 2.45) is 0 Å². The average Bonchev–Trinajstić information content (AvgIpc) is 3.28. The first kappa shape index (κ1) is 24.2. The summed E-state index contributed by atoms with van der Waals surface area (Å²) >= 11 is 0. The molecule has 3 heterocycles. The van der Waals surface area contributed by atoms with Gasteiger partial charge in [-0.15, -0.1) is 0 Å². The highest BCUT2D eigenvalue weighted by Gasteiger charge is 2.41. The Labute approximate surface area is 230 Å². The number of rotatable bonds is 2. The second-order valence-electron chi connectivity index (χ2n) is 12.4. The van der Waals surface area contributed by atoms with Gasteiger partial charge in [0.2, 0.25) is 5.95 Å². The largest absolute Gasteiger partial charge is 0.369 e. The number of hydrogen-bond acceptors (Lipinski definition) is 4. The second kappa shape index (κ2) is 8.57. The molecule has 0 spiro atoms. The van der Waals surface area contributed by atoms with E-state index in [0.29, 0.717) is 12.3 Å². The fraction of sp³-hybridized carbons (Fsp3) is 0.353. The summed E-state index contributed by atoms with van der Waals surface area (Å²) in [6.07, 6.45) is 2.43. The molecule has 0 bridgehead atoms. The fourth-order valence-corrected chi connectivity index (χ4v) is 7.37. The molecule has 0 saturated carbocycles. The smallest absolute Gasteiger partial charge is 0.209 e. The highest BCUT2D eigenvalue weighted by Crippen LogP contribution is 2.49. The van der Waals surface area contributed by atoms with Crippen LogP contribution in [0.1, 0.15) is 80.2 Å². The highest BCUT2D eigenvalue weighted by atomic mass is 16.1. The van der Waals surface area contributed by atoms with Gasteiger partial charge in [-0.25, -0.2) is 4.98 Å². The number of anilines is 2. The lowest BCUT2D eigenvalue weighted by Gasteiger charge is -2.46. The zero-order chi connectivity index (χ0) is 27.1. The van der Waals surface area contributed by atoms with Crippen molar-refractivity contribution < 1.29 is 4.79 Å². The van der Waals surface area contributed by atoms with E-state index in [1.165, 1.54) is 22.4 Å². The van der Waals surface area contributed by atoms with Gasteiger partial charge >= 0.3 is 0 Å². The number of aromatic nitrogens is 2. The maximum atomic E-state index is 14.1. The van der Waals surface area contributed by atoms with Crippen LogP contribution in [0.3, 0.4) is 0 Å². The van der Waals surface area contributed by atoms with E-state index < -0.39 is 0 Å². The molecule has 0 saturated heterocycles. The van der Waals surface area contributed by atoms with E-state index in [4.69, 9.17) is 4.98 Å². The van der Waals surface area contributed by atoms with Gasteiger partial charge in [-0.2, -0.15) is 0 Å². The van der Waals surface area contributed by atoms with Gasteiger partial charge in [0.25, 0.3) is 0 Å². The minimum Gasteiger partial charge on any atom is -0.369 e. The number of ketones is 1. The summed E-state index contributed by atoms with van der Waals surface area (Å²) in [5.74, 6) is 1.66. The lowest BCUT2D eigenvalue weighted by molar-refractivity contribution is -0.116. The SMILES string of the molecule is Cc1ccccc1[C@@H]1CC(=O)C2=C(C1)Nc1nc3ccccc3n1[C@@H]2c1ccc2c(c1)[C@H](C)CC(C)(C)N2C. The molecule has 198 valence electrons. The van der Waals surface area contributed by atoms with Crippen LogP contribution in [-0.4, -0.2) is 27.9 Å². The zero-order valence-corrected chi connectivity index (χ0v) is 23.5. The van der Waals surface area contributed by atoms with Crippen molar-refractivity contribution in [1.29, 1.82) is 0 Å². The Kier molecular flexibility index (Phi) is 5.32. The zero-order valence-electron chi connectivity index (χ0n) is 23.5. The summed E-state index contributed by atoms with van der Waals surface area (Å²) in [5.41, 5.74) is 10.3. The molecule has 5 nitrogen and oxygen atoms in total. The second-order valence-corrected chi connectivity index (χ2v) is 12.4. The summed E-state index contributed by atoms with van der Waals surface area (Å²) < 4.78 is 2.25. The van der Waals surface area contributed by atoms with Crippen molar-refractivity contribution in [2.75, 3.05) is 17.3 Å². The molecule has 5 heteroatoms. The standard InChI is InChI=1S/C34H36N4O/c1-20-10-6-7-11-24(20)23-17-27-31(30(39)18-23)32(38-29-13-9-8-12-26(29)35-33(38)36-27)22-14-15-28-25(16-22)21(2)19-34(3,4)37(28)5/h6-16,21,23,32H,17-19H2,1-5H3,(H,35,36)/t21-,23+,32-/m1/s1. The van der Waals surface area contributed by atoms with Crippen LogP contribution in [0.4, 0.5) is 11.6 Å². The molecule has 0 amide bonds. The summed E-state index contributed by atoms with van der Waals surface area (Å²) in [7, 11) is 2.20. The molecule has 1 N–H and O–H groups in total. The lowest BCUT2D eigenvalue weighted by atomic mass is 9.75. The molecule has 3 aliphatic rings. The van der Waals surface area contributed by atoms with Crippen molar-refractivity contribution >= 4 is 28.5 Å². The highest BCUT2D eigenvalue weighted by molar-refractivity contribution is 6.01. The van der Waals surface area contributed by atoms with Crippen molar-refractivity contribution in [1.82, 2.24) is 9.55 Å². The molecule has 1 aromatic heterocycles. The molecule has 4 aromatic rings. The fourth-order valence-electron chi connectivity index (χ4n) is 7.37. The van der Waals surface area contributed by atoms with Crippen LogP contribution < -0.4 is 10.2 Å². The first-order valence-corrected chi connectivity index (χ1v) is 14.2. The van der Waals surface area contributed by atoms with Gasteiger partial charge in [-0.1, -0.05) is 55.5 Å². The summed E-state index contributed by atoms with van der Waals surface area (Å²) in [5, 5.41) is 3.63. The number of benzene rings is 3. The predicted octanol–water partition coefficient (Wildman–Crippen LogP) is 7.48. The normalized spacial score (nSPS) is 23.8. The summed E-state index contributed by atoms with van der Waals surface area (Å²) in [6, 6.07) is 23.4. The number of nitrogens with zero attached hydrogens (tertiary/aromatic N) is 3. The van der Waals surface area contributed by atoms with Crippen molar-refractivity contribution in [3.05, 3.63) is 100 Å². The van der Waals surface area contributed by atoms with Crippen LogP contribution >= 0.6 is 0 Å². The molecule has 39 heavy (non-hydrogen) atoms. The van der Waals surface area contributed by atoms with E-state index in [9.17, 15) is 4.79 Å². The van der Waals surface area contributed by atoms with Gasteiger partial charge in [0, 0.05) is 36.0 Å². The average molecular weight is 517 g/mol. The Hall–Kier alpha value is -3.86. The van der Waals surface area contributed by atoms with Crippen LogP contribution in [0.25, 0.3) is 11.0 Å². The molecular weight excluding hydrogens is 480 g/mol. The first-order valence-electron chi connectivity index (χ1n) is 14.2. The van der Waals surface area contributed by atoms with E-state index in [-0.39, 0.29) is 23.3 Å². The van der Waals surface area contributed by atoms with E-state index in [1.54, 1.807) is 0 Å². The third-order valence-electron chi connectivity index (χ3n) is 9.50. The summed E-state index contributed by atoms with van der Waals surface area (Å²) in [6.45, 7) is 9.12. The number of hydrogen-bond donors (Lipinski definition) is 1. The number of Topliss-reactive ketones (excluding diaryl/α,β-unsaturated/α-hetero) is 1. The Morgan fingerprint density at radius 2 is 1.74 bits per heavy atom. The number of fused-ring (bicyclic) bond motifs is 4. The quantitative estimate of drug-likeness (QED) is 0.300. The summed E-state index contributed by atoms with van der Waals surface area (Å²) in [4.78, 5) is 21.5. The lowest BCUT2D eigenvalue weighted by Crippen LogP contribution is -2.45. The molecule has 3 atom stereocenters. The topological polar surface area (TPSA) is 50.2 Å². The predicted molar refractivity (Wildman–Crippen MR) is 159 cm³/mol. The molecule has 0 radical (unpaired) electrons. The van der Waals surface area contributed by atoms with Crippen molar-refractivity contribution in [2.45, 2.75) is 70.4 Å². The molecule has 7 rings (SSSR count).